The zero-order chi connectivity index (χ0) is 23.8. The van der Waals surface area contributed by atoms with Gasteiger partial charge in [-0.05, 0) is 54.4 Å². The van der Waals surface area contributed by atoms with E-state index in [4.69, 9.17) is 9.29 Å². The smallest absolute Gasteiger partial charge is 0.261 e. The predicted molar refractivity (Wildman–Crippen MR) is 127 cm³/mol. The highest BCUT2D eigenvalue weighted by molar-refractivity contribution is 7.85. The van der Waals surface area contributed by atoms with E-state index in [-0.39, 0.29) is 5.82 Å². The minimum absolute atomic E-state index is 0.245. The van der Waals surface area contributed by atoms with Crippen LogP contribution in [0.5, 0.6) is 5.75 Å². The van der Waals surface area contributed by atoms with Gasteiger partial charge in [-0.15, -0.1) is 0 Å². The number of hydrogen-bond donors (Lipinski definition) is 3. The average molecular weight is 472 g/mol. The van der Waals surface area contributed by atoms with Crippen LogP contribution in [0.4, 0.5) is 4.39 Å². The highest BCUT2D eigenvalue weighted by Gasteiger charge is 2.05. The van der Waals surface area contributed by atoms with E-state index in [9.17, 15) is 12.8 Å². The maximum atomic E-state index is 13.4. The first kappa shape index (κ1) is 24.4. The fourth-order valence-electron chi connectivity index (χ4n) is 3.27. The van der Waals surface area contributed by atoms with Crippen molar-refractivity contribution in [3.8, 4) is 16.9 Å². The summed E-state index contributed by atoms with van der Waals surface area (Å²) in [6.45, 7) is 3.99. The number of halogens is 1. The molecule has 0 aliphatic carbocycles. The normalized spacial score (nSPS) is 11.2. The summed E-state index contributed by atoms with van der Waals surface area (Å²) in [6.07, 6.45) is 4.29. The summed E-state index contributed by atoms with van der Waals surface area (Å²) in [6, 6.07) is 16.7. The van der Waals surface area contributed by atoms with E-state index in [1.54, 1.807) is 12.3 Å². The molecule has 0 bridgehead atoms. The Balaban J connectivity index is 0.000000555. The van der Waals surface area contributed by atoms with E-state index in [0.717, 1.165) is 39.0 Å². The van der Waals surface area contributed by atoms with Crippen molar-refractivity contribution in [3.63, 3.8) is 0 Å². The average Bonchev–Trinajstić information content (AvgIpc) is 3.13. The summed E-state index contributed by atoms with van der Waals surface area (Å²) in [5.41, 5.74) is 4.99. The Labute approximate surface area is 192 Å². The molecule has 0 fully saturated rings. The lowest BCUT2D eigenvalue weighted by molar-refractivity contribution is 0.317. The number of pyridine rings is 1. The van der Waals surface area contributed by atoms with Gasteiger partial charge in [0.15, 0.2) is 0 Å². The molecule has 0 saturated carbocycles. The molecule has 0 atom stereocenters. The standard InChI is InChI=1S/C23H22FN3O.CH4O3S/c1-16-10-21-22(27-16)6-3-7-23(21)28-9-8-25-13-17-11-19(15-26-14-17)18-4-2-5-20(24)12-18;1-5(2,3)4/h2-7,10-12,14-15,25,27H,8-9,13H2,1H3;1H3,(H,2,3,4). The van der Waals surface area contributed by atoms with Crippen molar-refractivity contribution in [2.45, 2.75) is 13.5 Å². The molecule has 33 heavy (non-hydrogen) atoms. The first-order chi connectivity index (χ1) is 15.7. The second-order valence-corrected chi connectivity index (χ2v) is 8.99. The van der Waals surface area contributed by atoms with Crippen LogP contribution in [0.25, 0.3) is 22.0 Å². The van der Waals surface area contributed by atoms with Crippen molar-refractivity contribution < 1.29 is 22.1 Å². The van der Waals surface area contributed by atoms with Crippen LogP contribution in [0.3, 0.4) is 0 Å². The van der Waals surface area contributed by atoms with Gasteiger partial charge in [-0.1, -0.05) is 18.2 Å². The molecule has 7 nitrogen and oxygen atoms in total. The molecule has 0 amide bonds. The number of nitrogens with one attached hydrogen (secondary N) is 2. The lowest BCUT2D eigenvalue weighted by Gasteiger charge is -2.09. The number of H-pyrrole nitrogens is 1. The number of aryl methyl sites for hydroxylation is 1. The number of fused-ring (bicyclic) bond motifs is 1. The number of ether oxygens (including phenoxy) is 1. The molecule has 4 rings (SSSR count). The van der Waals surface area contributed by atoms with Crippen LogP contribution in [0.2, 0.25) is 0 Å². The Hall–Kier alpha value is -3.27. The summed E-state index contributed by atoms with van der Waals surface area (Å²) >= 11 is 0. The minimum atomic E-state index is -3.67. The summed E-state index contributed by atoms with van der Waals surface area (Å²) in [5.74, 6) is 0.643. The van der Waals surface area contributed by atoms with Crippen molar-refractivity contribution in [2.24, 2.45) is 0 Å². The molecule has 2 aromatic heterocycles. The van der Waals surface area contributed by atoms with Crippen molar-refractivity contribution in [1.29, 1.82) is 0 Å². The maximum Gasteiger partial charge on any atom is 0.261 e. The first-order valence-electron chi connectivity index (χ1n) is 10.2. The fourth-order valence-corrected chi connectivity index (χ4v) is 3.27. The van der Waals surface area contributed by atoms with Gasteiger partial charge in [0.05, 0.1) is 6.26 Å². The molecule has 2 aromatic carbocycles. The number of benzene rings is 2. The number of aromatic nitrogens is 2. The third-order valence-corrected chi connectivity index (χ3v) is 4.58. The van der Waals surface area contributed by atoms with Crippen LogP contribution < -0.4 is 10.1 Å². The molecule has 0 saturated heterocycles. The van der Waals surface area contributed by atoms with E-state index < -0.39 is 10.1 Å². The van der Waals surface area contributed by atoms with E-state index >= 15 is 0 Å². The maximum absolute atomic E-state index is 13.4. The first-order valence-corrected chi connectivity index (χ1v) is 12.1. The van der Waals surface area contributed by atoms with E-state index in [1.807, 2.05) is 43.5 Å². The van der Waals surface area contributed by atoms with Gasteiger partial charge in [0, 0.05) is 47.6 Å². The predicted octanol–water partition coefficient (Wildman–Crippen LogP) is 4.35. The van der Waals surface area contributed by atoms with Crippen LogP contribution in [-0.2, 0) is 16.7 Å². The number of aromatic amines is 1. The molecule has 4 aromatic rings. The number of rotatable bonds is 7. The molecule has 0 spiro atoms. The molecule has 9 heteroatoms. The number of hydrogen-bond acceptors (Lipinski definition) is 5. The highest BCUT2D eigenvalue weighted by atomic mass is 32.2. The van der Waals surface area contributed by atoms with Crippen molar-refractivity contribution in [1.82, 2.24) is 15.3 Å². The molecule has 0 aliphatic heterocycles. The molecule has 0 unspecified atom stereocenters. The second-order valence-electron chi connectivity index (χ2n) is 7.52. The molecule has 0 aliphatic rings. The second kappa shape index (κ2) is 11.0. The van der Waals surface area contributed by atoms with Gasteiger partial charge in [0.1, 0.15) is 18.2 Å². The SMILES string of the molecule is CS(=O)(=O)O.Cc1cc2c(OCCNCc3cncc(-c4cccc(F)c4)c3)cccc2[nH]1. The Morgan fingerprint density at radius 3 is 2.61 bits per heavy atom. The third kappa shape index (κ3) is 7.98. The third-order valence-electron chi connectivity index (χ3n) is 4.58. The van der Waals surface area contributed by atoms with Gasteiger partial charge >= 0.3 is 0 Å². The molecular weight excluding hydrogens is 445 g/mol. The molecular formula is C24H26FN3O4S. The van der Waals surface area contributed by atoms with Gasteiger partial charge in [-0.25, -0.2) is 4.39 Å². The molecule has 0 radical (unpaired) electrons. The fraction of sp³-hybridized carbons (Fsp3) is 0.208. The lowest BCUT2D eigenvalue weighted by Crippen LogP contribution is -2.20. The van der Waals surface area contributed by atoms with Crippen molar-refractivity contribution in [3.05, 3.63) is 84.1 Å². The van der Waals surface area contributed by atoms with Gasteiger partial charge < -0.3 is 15.0 Å². The zero-order valence-electron chi connectivity index (χ0n) is 18.4. The lowest BCUT2D eigenvalue weighted by atomic mass is 10.1. The van der Waals surface area contributed by atoms with Crippen molar-refractivity contribution >= 4 is 21.0 Å². The van der Waals surface area contributed by atoms with Crippen LogP contribution in [-0.4, -0.2) is 42.3 Å². The molecule has 174 valence electrons. The molecule has 3 N–H and O–H groups in total. The summed E-state index contributed by atoms with van der Waals surface area (Å²) < 4.78 is 45.2. The Morgan fingerprint density at radius 2 is 1.85 bits per heavy atom. The minimum Gasteiger partial charge on any atom is -0.492 e. The van der Waals surface area contributed by atoms with Crippen LogP contribution in [0, 0.1) is 12.7 Å². The summed E-state index contributed by atoms with van der Waals surface area (Å²) in [5, 5.41) is 4.47. The quantitative estimate of drug-likeness (QED) is 0.273. The monoisotopic (exact) mass is 471 g/mol. The van der Waals surface area contributed by atoms with Crippen LogP contribution >= 0.6 is 0 Å². The van der Waals surface area contributed by atoms with Crippen LogP contribution in [0.15, 0.2) is 67.0 Å². The van der Waals surface area contributed by atoms with Gasteiger partial charge in [-0.3, -0.25) is 9.54 Å². The summed E-state index contributed by atoms with van der Waals surface area (Å²) in [4.78, 5) is 7.59. The van der Waals surface area contributed by atoms with E-state index in [0.29, 0.717) is 26.0 Å². The highest BCUT2D eigenvalue weighted by Crippen LogP contribution is 2.26. The van der Waals surface area contributed by atoms with Crippen molar-refractivity contribution in [2.75, 3.05) is 19.4 Å². The van der Waals surface area contributed by atoms with E-state index in [2.05, 4.69) is 21.4 Å². The largest absolute Gasteiger partial charge is 0.492 e. The van der Waals surface area contributed by atoms with Crippen LogP contribution in [0.1, 0.15) is 11.3 Å². The Morgan fingerprint density at radius 1 is 1.09 bits per heavy atom. The molecule has 2 heterocycles. The van der Waals surface area contributed by atoms with Gasteiger partial charge in [0.2, 0.25) is 0 Å². The van der Waals surface area contributed by atoms with Gasteiger partial charge in [0.25, 0.3) is 10.1 Å². The topological polar surface area (TPSA) is 104 Å². The Bertz CT molecular complexity index is 1310. The Kier molecular flexibility index (Phi) is 8.16. The summed E-state index contributed by atoms with van der Waals surface area (Å²) in [7, 11) is -3.67. The zero-order valence-corrected chi connectivity index (χ0v) is 19.2. The number of nitrogens with zero attached hydrogens (tertiary/aromatic N) is 1. The van der Waals surface area contributed by atoms with E-state index in [1.165, 1.54) is 12.1 Å². The van der Waals surface area contributed by atoms with Gasteiger partial charge in [-0.2, -0.15) is 8.42 Å².